The van der Waals surface area contributed by atoms with Crippen LogP contribution in [0.15, 0.2) is 47.5 Å². The smallest absolute Gasteiger partial charge is 0.264 e. The van der Waals surface area contributed by atoms with E-state index in [0.29, 0.717) is 6.54 Å². The van der Waals surface area contributed by atoms with Crippen molar-refractivity contribution in [1.82, 2.24) is 4.98 Å². The standard InChI is InChI=1S/C12H12ClN3O2S/c13-10-7-9(8-14)4-5-11(10)19(17,18)16-12-3-1-2-6-15-12/h1-7H,8,14H2,(H,15,16). The number of nitrogens with two attached hydrogens (primary N) is 1. The van der Waals surface area contributed by atoms with Gasteiger partial charge < -0.3 is 5.73 Å². The van der Waals surface area contributed by atoms with Crippen LogP contribution < -0.4 is 10.5 Å². The van der Waals surface area contributed by atoms with Gasteiger partial charge in [-0.25, -0.2) is 13.4 Å². The molecule has 0 saturated carbocycles. The van der Waals surface area contributed by atoms with Gasteiger partial charge in [-0.2, -0.15) is 0 Å². The van der Waals surface area contributed by atoms with E-state index < -0.39 is 10.0 Å². The molecule has 0 amide bonds. The van der Waals surface area contributed by atoms with Crippen molar-refractivity contribution in [3.8, 4) is 0 Å². The molecule has 1 heterocycles. The number of sulfonamides is 1. The number of halogens is 1. The zero-order valence-electron chi connectivity index (χ0n) is 9.88. The van der Waals surface area contributed by atoms with E-state index >= 15 is 0 Å². The maximum atomic E-state index is 12.2. The maximum Gasteiger partial charge on any atom is 0.264 e. The Bertz CT molecular complexity index is 675. The number of hydrogen-bond acceptors (Lipinski definition) is 4. The number of rotatable bonds is 4. The van der Waals surface area contributed by atoms with E-state index in [1.54, 1.807) is 24.3 Å². The Morgan fingerprint density at radius 2 is 2.05 bits per heavy atom. The molecule has 7 heteroatoms. The lowest BCUT2D eigenvalue weighted by Crippen LogP contribution is -2.14. The van der Waals surface area contributed by atoms with Gasteiger partial charge in [0.05, 0.1) is 5.02 Å². The quantitative estimate of drug-likeness (QED) is 0.904. The Kier molecular flexibility index (Phi) is 4.04. The third kappa shape index (κ3) is 3.23. The molecule has 0 aliphatic carbocycles. The number of anilines is 1. The number of nitrogens with one attached hydrogen (secondary N) is 1. The second kappa shape index (κ2) is 5.56. The molecule has 0 radical (unpaired) electrons. The molecule has 0 spiro atoms. The van der Waals surface area contributed by atoms with Gasteiger partial charge in [0, 0.05) is 12.7 Å². The first-order valence-corrected chi connectivity index (χ1v) is 7.31. The molecule has 3 N–H and O–H groups in total. The van der Waals surface area contributed by atoms with Crippen LogP contribution in [0, 0.1) is 0 Å². The molecule has 19 heavy (non-hydrogen) atoms. The SMILES string of the molecule is NCc1ccc(S(=O)(=O)Nc2ccccn2)c(Cl)c1. The van der Waals surface area contributed by atoms with E-state index in [0.717, 1.165) is 5.56 Å². The molecule has 2 aromatic rings. The van der Waals surface area contributed by atoms with E-state index in [9.17, 15) is 8.42 Å². The Labute approximate surface area is 116 Å². The van der Waals surface area contributed by atoms with Crippen LogP contribution in [0.1, 0.15) is 5.56 Å². The molecular weight excluding hydrogens is 286 g/mol. The van der Waals surface area contributed by atoms with Gasteiger partial charge in [-0.05, 0) is 29.8 Å². The minimum Gasteiger partial charge on any atom is -0.326 e. The first-order chi connectivity index (χ1) is 9.03. The van der Waals surface area contributed by atoms with Crippen molar-refractivity contribution in [1.29, 1.82) is 0 Å². The maximum absolute atomic E-state index is 12.2. The van der Waals surface area contributed by atoms with E-state index in [1.165, 1.54) is 18.3 Å². The van der Waals surface area contributed by atoms with Crippen LogP contribution >= 0.6 is 11.6 Å². The van der Waals surface area contributed by atoms with Gasteiger partial charge in [0.1, 0.15) is 10.7 Å². The third-order valence-electron chi connectivity index (χ3n) is 2.43. The lowest BCUT2D eigenvalue weighted by Gasteiger charge is -2.09. The van der Waals surface area contributed by atoms with Crippen LogP contribution in [-0.4, -0.2) is 13.4 Å². The molecule has 0 bridgehead atoms. The van der Waals surface area contributed by atoms with Crippen molar-refractivity contribution in [2.45, 2.75) is 11.4 Å². The summed E-state index contributed by atoms with van der Waals surface area (Å²) in [6, 6.07) is 9.52. The van der Waals surface area contributed by atoms with Gasteiger partial charge in [0.25, 0.3) is 10.0 Å². The number of benzene rings is 1. The fourth-order valence-corrected chi connectivity index (χ4v) is 3.08. The predicted molar refractivity (Wildman–Crippen MR) is 74.4 cm³/mol. The molecule has 1 aromatic carbocycles. The van der Waals surface area contributed by atoms with Crippen molar-refractivity contribution in [2.24, 2.45) is 5.73 Å². The molecule has 100 valence electrons. The highest BCUT2D eigenvalue weighted by atomic mass is 35.5. The molecule has 0 atom stereocenters. The fraction of sp³-hybridized carbons (Fsp3) is 0.0833. The number of hydrogen-bond donors (Lipinski definition) is 2. The van der Waals surface area contributed by atoms with Gasteiger partial charge in [-0.3, -0.25) is 4.72 Å². The molecule has 0 saturated heterocycles. The number of aromatic nitrogens is 1. The predicted octanol–water partition coefficient (Wildman–Crippen LogP) is 1.99. The van der Waals surface area contributed by atoms with E-state index in [4.69, 9.17) is 17.3 Å². The molecule has 0 unspecified atom stereocenters. The Morgan fingerprint density at radius 3 is 2.63 bits per heavy atom. The van der Waals surface area contributed by atoms with E-state index in [-0.39, 0.29) is 15.7 Å². The summed E-state index contributed by atoms with van der Waals surface area (Å²) in [7, 11) is -3.75. The van der Waals surface area contributed by atoms with Crippen LogP contribution in [0.25, 0.3) is 0 Å². The van der Waals surface area contributed by atoms with Gasteiger partial charge in [-0.1, -0.05) is 23.7 Å². The highest BCUT2D eigenvalue weighted by Crippen LogP contribution is 2.24. The zero-order chi connectivity index (χ0) is 13.9. The van der Waals surface area contributed by atoms with Gasteiger partial charge in [-0.15, -0.1) is 0 Å². The van der Waals surface area contributed by atoms with Crippen LogP contribution in [0.5, 0.6) is 0 Å². The monoisotopic (exact) mass is 297 g/mol. The second-order valence-corrected chi connectivity index (χ2v) is 5.85. The lowest BCUT2D eigenvalue weighted by atomic mass is 10.2. The van der Waals surface area contributed by atoms with Crippen molar-refractivity contribution in [2.75, 3.05) is 4.72 Å². The third-order valence-corrected chi connectivity index (χ3v) is 4.26. The molecule has 0 aliphatic heterocycles. The minimum absolute atomic E-state index is 0.00276. The Balaban J connectivity index is 2.35. The Morgan fingerprint density at radius 1 is 1.26 bits per heavy atom. The highest BCUT2D eigenvalue weighted by Gasteiger charge is 2.18. The van der Waals surface area contributed by atoms with Crippen LogP contribution in [-0.2, 0) is 16.6 Å². The van der Waals surface area contributed by atoms with Crippen LogP contribution in [0.2, 0.25) is 5.02 Å². The van der Waals surface area contributed by atoms with E-state index in [1.807, 2.05) is 0 Å². The first kappa shape index (κ1) is 13.8. The van der Waals surface area contributed by atoms with Crippen molar-refractivity contribution in [3.63, 3.8) is 0 Å². The van der Waals surface area contributed by atoms with E-state index in [2.05, 4.69) is 9.71 Å². The highest BCUT2D eigenvalue weighted by molar-refractivity contribution is 7.92. The first-order valence-electron chi connectivity index (χ1n) is 5.45. The van der Waals surface area contributed by atoms with Crippen LogP contribution in [0.4, 0.5) is 5.82 Å². The summed E-state index contributed by atoms with van der Waals surface area (Å²) in [5.74, 6) is 0.237. The molecule has 0 fully saturated rings. The summed E-state index contributed by atoms with van der Waals surface area (Å²) in [6.07, 6.45) is 1.50. The summed E-state index contributed by atoms with van der Waals surface area (Å²) in [6.45, 7) is 0.299. The summed E-state index contributed by atoms with van der Waals surface area (Å²) in [5.41, 5.74) is 6.23. The molecule has 0 aliphatic rings. The van der Waals surface area contributed by atoms with Crippen LogP contribution in [0.3, 0.4) is 0 Å². The van der Waals surface area contributed by atoms with Crippen molar-refractivity contribution < 1.29 is 8.42 Å². The van der Waals surface area contributed by atoms with Crippen molar-refractivity contribution >= 4 is 27.4 Å². The molecule has 1 aromatic heterocycles. The largest absolute Gasteiger partial charge is 0.326 e. The minimum atomic E-state index is -3.75. The number of nitrogens with zero attached hydrogens (tertiary/aromatic N) is 1. The number of pyridine rings is 1. The summed E-state index contributed by atoms with van der Waals surface area (Å²) < 4.78 is 26.7. The zero-order valence-corrected chi connectivity index (χ0v) is 11.4. The summed E-state index contributed by atoms with van der Waals surface area (Å²) >= 11 is 5.96. The normalized spacial score (nSPS) is 11.3. The van der Waals surface area contributed by atoms with Gasteiger partial charge >= 0.3 is 0 Å². The fourth-order valence-electron chi connectivity index (χ4n) is 1.51. The summed E-state index contributed by atoms with van der Waals surface area (Å²) in [4.78, 5) is 3.90. The van der Waals surface area contributed by atoms with Gasteiger partial charge in [0.15, 0.2) is 0 Å². The molecular formula is C12H12ClN3O2S. The molecule has 2 rings (SSSR count). The average molecular weight is 298 g/mol. The summed E-state index contributed by atoms with van der Waals surface area (Å²) in [5, 5.41) is 0.131. The van der Waals surface area contributed by atoms with Gasteiger partial charge in [0.2, 0.25) is 0 Å². The Hall–Kier alpha value is -1.63. The topological polar surface area (TPSA) is 85.1 Å². The lowest BCUT2D eigenvalue weighted by molar-refractivity contribution is 0.601. The average Bonchev–Trinajstić information content (AvgIpc) is 2.38. The second-order valence-electron chi connectivity index (χ2n) is 3.79. The molecule has 5 nitrogen and oxygen atoms in total. The van der Waals surface area contributed by atoms with Crippen molar-refractivity contribution in [3.05, 3.63) is 53.2 Å².